The Bertz CT molecular complexity index is 785. The number of rotatable bonds is 7. The van der Waals surface area contributed by atoms with Gasteiger partial charge in [0.05, 0.1) is 7.11 Å². The van der Waals surface area contributed by atoms with Gasteiger partial charge in [0.25, 0.3) is 5.91 Å². The van der Waals surface area contributed by atoms with Crippen molar-refractivity contribution in [2.75, 3.05) is 38.8 Å². The normalized spacial score (nSPS) is 15.4. The number of aryl methyl sites for hydroxylation is 1. The van der Waals surface area contributed by atoms with Crippen molar-refractivity contribution >= 4 is 11.6 Å². The van der Waals surface area contributed by atoms with E-state index < -0.39 is 0 Å². The highest BCUT2D eigenvalue weighted by Gasteiger charge is 2.29. The Labute approximate surface area is 167 Å². The molecule has 28 heavy (non-hydrogen) atoms. The fraction of sp³-hybridized carbons (Fsp3) is 0.435. The average molecular weight is 383 g/mol. The molecule has 2 aromatic rings. The van der Waals surface area contributed by atoms with Gasteiger partial charge in [-0.15, -0.1) is 0 Å². The summed E-state index contributed by atoms with van der Waals surface area (Å²) in [5, 5.41) is 0. The molecule has 1 heterocycles. The molecule has 3 rings (SSSR count). The van der Waals surface area contributed by atoms with E-state index in [0.29, 0.717) is 0 Å². The highest BCUT2D eigenvalue weighted by Crippen LogP contribution is 2.27. The first-order chi connectivity index (χ1) is 13.6. The van der Waals surface area contributed by atoms with E-state index in [2.05, 4.69) is 30.0 Å². The Morgan fingerprint density at radius 3 is 2.54 bits per heavy atom. The second-order valence-corrected chi connectivity index (χ2v) is 7.35. The lowest BCUT2D eigenvalue weighted by atomic mass is 10.0. The SMILES string of the molecule is COCC(=O)N(c1cccc(C)c1)C1CCN(Cc2ccccc2OC)CC1. The zero-order valence-corrected chi connectivity index (χ0v) is 17.1. The minimum atomic E-state index is 0.0243. The third-order valence-electron chi connectivity index (χ3n) is 5.33. The molecular formula is C23H30N2O3. The summed E-state index contributed by atoms with van der Waals surface area (Å²) >= 11 is 0. The van der Waals surface area contributed by atoms with Crippen LogP contribution in [0.2, 0.25) is 0 Å². The predicted octanol–water partition coefficient (Wildman–Crippen LogP) is 3.65. The van der Waals surface area contributed by atoms with Crippen LogP contribution in [-0.2, 0) is 16.1 Å². The van der Waals surface area contributed by atoms with Crippen molar-refractivity contribution in [2.45, 2.75) is 32.4 Å². The highest BCUT2D eigenvalue weighted by molar-refractivity contribution is 5.95. The molecule has 5 nitrogen and oxygen atoms in total. The molecule has 1 amide bonds. The van der Waals surface area contributed by atoms with Crippen LogP contribution in [0.3, 0.4) is 0 Å². The van der Waals surface area contributed by atoms with Crippen molar-refractivity contribution in [1.29, 1.82) is 0 Å². The van der Waals surface area contributed by atoms with E-state index in [9.17, 15) is 4.79 Å². The van der Waals surface area contributed by atoms with Crippen molar-refractivity contribution < 1.29 is 14.3 Å². The molecule has 0 unspecified atom stereocenters. The molecule has 1 aliphatic heterocycles. The number of benzene rings is 2. The van der Waals surface area contributed by atoms with Gasteiger partial charge in [0.15, 0.2) is 0 Å². The predicted molar refractivity (Wildman–Crippen MR) is 112 cm³/mol. The van der Waals surface area contributed by atoms with Crippen LogP contribution in [0.5, 0.6) is 5.75 Å². The highest BCUT2D eigenvalue weighted by atomic mass is 16.5. The van der Waals surface area contributed by atoms with Crippen molar-refractivity contribution in [1.82, 2.24) is 4.90 Å². The van der Waals surface area contributed by atoms with Gasteiger partial charge in [-0.3, -0.25) is 9.69 Å². The zero-order valence-electron chi connectivity index (χ0n) is 17.1. The van der Waals surface area contributed by atoms with E-state index in [4.69, 9.17) is 9.47 Å². The minimum Gasteiger partial charge on any atom is -0.496 e. The van der Waals surface area contributed by atoms with Crippen molar-refractivity contribution in [3.63, 3.8) is 0 Å². The summed E-state index contributed by atoms with van der Waals surface area (Å²) in [4.78, 5) is 17.2. The molecule has 0 atom stereocenters. The molecule has 2 aromatic carbocycles. The maximum atomic E-state index is 12.8. The third kappa shape index (κ3) is 4.91. The fourth-order valence-corrected chi connectivity index (χ4v) is 3.94. The molecular weight excluding hydrogens is 352 g/mol. The number of ether oxygens (including phenoxy) is 2. The summed E-state index contributed by atoms with van der Waals surface area (Å²) in [5.74, 6) is 0.956. The fourth-order valence-electron chi connectivity index (χ4n) is 3.94. The Morgan fingerprint density at radius 2 is 1.86 bits per heavy atom. The maximum absolute atomic E-state index is 12.8. The van der Waals surface area contributed by atoms with Crippen LogP contribution in [0.15, 0.2) is 48.5 Å². The third-order valence-corrected chi connectivity index (χ3v) is 5.33. The molecule has 0 N–H and O–H groups in total. The van der Waals surface area contributed by atoms with Gasteiger partial charge in [-0.25, -0.2) is 0 Å². The molecule has 1 fully saturated rings. The smallest absolute Gasteiger partial charge is 0.253 e. The van der Waals surface area contributed by atoms with Crippen LogP contribution in [0, 0.1) is 6.92 Å². The second kappa shape index (κ2) is 9.71. The molecule has 1 saturated heterocycles. The Hall–Kier alpha value is -2.37. The van der Waals surface area contributed by atoms with Gasteiger partial charge in [-0.1, -0.05) is 30.3 Å². The number of hydrogen-bond acceptors (Lipinski definition) is 4. The van der Waals surface area contributed by atoms with E-state index in [0.717, 1.165) is 49.5 Å². The molecule has 5 heteroatoms. The number of carbonyl (C=O) groups excluding carboxylic acids is 1. The number of para-hydroxylation sites is 1. The van der Waals surface area contributed by atoms with Crippen LogP contribution in [-0.4, -0.2) is 50.8 Å². The quantitative estimate of drug-likeness (QED) is 0.733. The lowest BCUT2D eigenvalue weighted by Crippen LogP contribution is -2.48. The summed E-state index contributed by atoms with van der Waals surface area (Å²) in [7, 11) is 3.29. The molecule has 0 bridgehead atoms. The molecule has 0 aliphatic carbocycles. The van der Waals surface area contributed by atoms with Crippen molar-refractivity contribution in [3.8, 4) is 5.75 Å². The van der Waals surface area contributed by atoms with E-state index in [1.807, 2.05) is 35.2 Å². The Morgan fingerprint density at radius 1 is 1.11 bits per heavy atom. The number of methoxy groups -OCH3 is 2. The first kappa shape index (κ1) is 20.4. The van der Waals surface area contributed by atoms with Crippen molar-refractivity contribution in [2.24, 2.45) is 0 Å². The van der Waals surface area contributed by atoms with E-state index in [1.165, 1.54) is 5.56 Å². The van der Waals surface area contributed by atoms with E-state index in [1.54, 1.807) is 14.2 Å². The summed E-state index contributed by atoms with van der Waals surface area (Å²) < 4.78 is 10.6. The standard InChI is InChI=1S/C23H30N2O3/c1-18-7-6-9-21(15-18)25(23(26)17-27-2)20-11-13-24(14-12-20)16-19-8-4-5-10-22(19)28-3/h4-10,15,20H,11-14,16-17H2,1-3H3. The summed E-state index contributed by atoms with van der Waals surface area (Å²) in [6, 6.07) is 16.5. The van der Waals surface area contributed by atoms with E-state index in [-0.39, 0.29) is 18.6 Å². The Kier molecular flexibility index (Phi) is 7.06. The number of likely N-dealkylation sites (tertiary alicyclic amines) is 1. The lowest BCUT2D eigenvalue weighted by molar-refractivity contribution is -0.122. The van der Waals surface area contributed by atoms with Gasteiger partial charge in [-0.2, -0.15) is 0 Å². The van der Waals surface area contributed by atoms with E-state index >= 15 is 0 Å². The number of hydrogen-bond donors (Lipinski definition) is 0. The number of amides is 1. The monoisotopic (exact) mass is 382 g/mol. The number of nitrogens with zero attached hydrogens (tertiary/aromatic N) is 2. The molecule has 0 aromatic heterocycles. The first-order valence-electron chi connectivity index (χ1n) is 9.84. The van der Waals surface area contributed by atoms with Crippen LogP contribution in [0.1, 0.15) is 24.0 Å². The summed E-state index contributed by atoms with van der Waals surface area (Å²) in [5.41, 5.74) is 3.32. The van der Waals surface area contributed by atoms with Crippen LogP contribution in [0.4, 0.5) is 5.69 Å². The number of anilines is 1. The van der Waals surface area contributed by atoms with Gasteiger partial charge in [0, 0.05) is 44.0 Å². The zero-order chi connectivity index (χ0) is 19.9. The van der Waals surface area contributed by atoms with Gasteiger partial charge >= 0.3 is 0 Å². The Balaban J connectivity index is 1.69. The van der Waals surface area contributed by atoms with Gasteiger partial charge in [0.2, 0.25) is 0 Å². The molecule has 0 radical (unpaired) electrons. The first-order valence-corrected chi connectivity index (χ1v) is 9.84. The number of carbonyl (C=O) groups is 1. The van der Waals surface area contributed by atoms with Crippen LogP contribution < -0.4 is 9.64 Å². The summed E-state index contributed by atoms with van der Waals surface area (Å²) in [6.07, 6.45) is 1.89. The minimum absolute atomic E-state index is 0.0243. The molecule has 1 aliphatic rings. The lowest BCUT2D eigenvalue weighted by Gasteiger charge is -2.38. The summed E-state index contributed by atoms with van der Waals surface area (Å²) in [6.45, 7) is 4.93. The van der Waals surface area contributed by atoms with Crippen LogP contribution in [0.25, 0.3) is 0 Å². The number of piperidine rings is 1. The second-order valence-electron chi connectivity index (χ2n) is 7.35. The largest absolute Gasteiger partial charge is 0.496 e. The molecule has 150 valence electrons. The average Bonchev–Trinajstić information content (AvgIpc) is 2.70. The maximum Gasteiger partial charge on any atom is 0.253 e. The van der Waals surface area contributed by atoms with Crippen LogP contribution >= 0.6 is 0 Å². The van der Waals surface area contributed by atoms with Crippen molar-refractivity contribution in [3.05, 3.63) is 59.7 Å². The van der Waals surface area contributed by atoms with Gasteiger partial charge in [0.1, 0.15) is 12.4 Å². The molecule has 0 saturated carbocycles. The topological polar surface area (TPSA) is 42.0 Å². The van der Waals surface area contributed by atoms with Gasteiger partial charge in [-0.05, 0) is 43.5 Å². The van der Waals surface area contributed by atoms with Gasteiger partial charge < -0.3 is 14.4 Å². The molecule has 0 spiro atoms.